The molecule has 0 spiro atoms. The second kappa shape index (κ2) is 7.17. The van der Waals surface area contributed by atoms with Crippen LogP contribution in [-0.2, 0) is 11.3 Å². The van der Waals surface area contributed by atoms with Gasteiger partial charge in [0.1, 0.15) is 12.4 Å². The average Bonchev–Trinajstić information content (AvgIpc) is 2.98. The molecule has 7 heteroatoms. The molecule has 2 aromatic rings. The van der Waals surface area contributed by atoms with Crippen LogP contribution in [0.1, 0.15) is 12.0 Å². The molecule has 0 aliphatic heterocycles. The topological polar surface area (TPSA) is 80.0 Å². The molecule has 1 aromatic heterocycles. The maximum Gasteiger partial charge on any atom is 0.226 e. The van der Waals surface area contributed by atoms with Gasteiger partial charge in [-0.1, -0.05) is 17.1 Å². The van der Waals surface area contributed by atoms with E-state index in [1.165, 1.54) is 29.1 Å². The molecule has 0 atom stereocenters. The molecular formula is C14H13FN4O2. The van der Waals surface area contributed by atoms with E-state index >= 15 is 0 Å². The number of aromatic nitrogens is 3. The molecule has 1 aromatic carbocycles. The van der Waals surface area contributed by atoms with E-state index in [-0.39, 0.29) is 18.9 Å². The SMILES string of the molecule is O=C(CCn1ccnn1)Nc1ccc(F)cc1C#CCO. The molecule has 0 aliphatic carbocycles. The maximum atomic E-state index is 13.2. The number of amides is 1. The van der Waals surface area contributed by atoms with Crippen molar-refractivity contribution in [3.05, 3.63) is 42.0 Å². The van der Waals surface area contributed by atoms with Crippen molar-refractivity contribution in [2.75, 3.05) is 11.9 Å². The number of rotatable bonds is 4. The van der Waals surface area contributed by atoms with E-state index in [0.717, 1.165) is 0 Å². The summed E-state index contributed by atoms with van der Waals surface area (Å²) in [6.07, 6.45) is 3.39. The van der Waals surface area contributed by atoms with E-state index in [1.807, 2.05) is 0 Å². The molecule has 2 N–H and O–H groups in total. The van der Waals surface area contributed by atoms with Gasteiger partial charge in [0, 0.05) is 12.6 Å². The zero-order valence-electron chi connectivity index (χ0n) is 11.1. The van der Waals surface area contributed by atoms with Gasteiger partial charge in [0.15, 0.2) is 0 Å². The molecule has 108 valence electrons. The number of aliphatic hydroxyl groups is 1. The average molecular weight is 288 g/mol. The lowest BCUT2D eigenvalue weighted by atomic mass is 10.1. The first kappa shape index (κ1) is 14.7. The van der Waals surface area contributed by atoms with Gasteiger partial charge in [-0.05, 0) is 18.2 Å². The second-order valence-electron chi connectivity index (χ2n) is 4.11. The van der Waals surface area contributed by atoms with Crippen LogP contribution in [-0.4, -0.2) is 32.6 Å². The maximum absolute atomic E-state index is 13.2. The van der Waals surface area contributed by atoms with Crippen LogP contribution < -0.4 is 5.32 Å². The van der Waals surface area contributed by atoms with Gasteiger partial charge in [0.25, 0.3) is 0 Å². The van der Waals surface area contributed by atoms with E-state index in [9.17, 15) is 9.18 Å². The number of hydrogen-bond acceptors (Lipinski definition) is 4. The quantitative estimate of drug-likeness (QED) is 0.815. The highest BCUT2D eigenvalue weighted by Gasteiger charge is 2.07. The lowest BCUT2D eigenvalue weighted by molar-refractivity contribution is -0.116. The molecule has 1 amide bonds. The number of carbonyl (C=O) groups excluding carboxylic acids is 1. The summed E-state index contributed by atoms with van der Waals surface area (Å²) in [5, 5.41) is 18.7. The van der Waals surface area contributed by atoms with Gasteiger partial charge in [-0.2, -0.15) is 0 Å². The zero-order chi connectivity index (χ0) is 15.1. The minimum atomic E-state index is -0.460. The molecule has 0 unspecified atom stereocenters. The van der Waals surface area contributed by atoms with Gasteiger partial charge < -0.3 is 10.4 Å². The predicted octanol–water partition coefficient (Wildman–Crippen LogP) is 0.790. The van der Waals surface area contributed by atoms with Crippen molar-refractivity contribution in [2.24, 2.45) is 0 Å². The molecule has 0 bridgehead atoms. The van der Waals surface area contributed by atoms with Crippen molar-refractivity contribution in [3.63, 3.8) is 0 Å². The van der Waals surface area contributed by atoms with Crippen LogP contribution in [0, 0.1) is 17.7 Å². The van der Waals surface area contributed by atoms with Gasteiger partial charge in [-0.15, -0.1) is 5.10 Å². The van der Waals surface area contributed by atoms with Gasteiger partial charge in [0.05, 0.1) is 24.0 Å². The van der Waals surface area contributed by atoms with Crippen LogP contribution in [0.15, 0.2) is 30.6 Å². The Balaban J connectivity index is 2.02. The number of halogens is 1. The molecule has 21 heavy (non-hydrogen) atoms. The van der Waals surface area contributed by atoms with Crippen molar-refractivity contribution in [1.29, 1.82) is 0 Å². The van der Waals surface area contributed by atoms with E-state index in [0.29, 0.717) is 17.8 Å². The Morgan fingerprint density at radius 3 is 3.05 bits per heavy atom. The number of aryl methyl sites for hydroxylation is 1. The van der Waals surface area contributed by atoms with Crippen molar-refractivity contribution in [2.45, 2.75) is 13.0 Å². The van der Waals surface area contributed by atoms with Crippen LogP contribution in [0.3, 0.4) is 0 Å². The number of benzene rings is 1. The molecule has 6 nitrogen and oxygen atoms in total. The molecule has 0 fully saturated rings. The number of nitrogens with zero attached hydrogens (tertiary/aromatic N) is 3. The fraction of sp³-hybridized carbons (Fsp3) is 0.214. The van der Waals surface area contributed by atoms with Crippen molar-refractivity contribution in [3.8, 4) is 11.8 Å². The summed E-state index contributed by atoms with van der Waals surface area (Å²) in [6, 6.07) is 3.87. The Morgan fingerprint density at radius 2 is 2.33 bits per heavy atom. The van der Waals surface area contributed by atoms with Crippen LogP contribution in [0.25, 0.3) is 0 Å². The first-order chi connectivity index (χ1) is 10.2. The second-order valence-corrected chi connectivity index (χ2v) is 4.11. The molecule has 1 heterocycles. The molecule has 0 saturated heterocycles. The number of aliphatic hydroxyl groups excluding tert-OH is 1. The minimum Gasteiger partial charge on any atom is -0.384 e. The van der Waals surface area contributed by atoms with Crippen molar-refractivity contribution >= 4 is 11.6 Å². The summed E-state index contributed by atoms with van der Waals surface area (Å²) in [5.41, 5.74) is 0.721. The van der Waals surface area contributed by atoms with Gasteiger partial charge in [-0.25, -0.2) is 4.39 Å². The Labute approximate surface area is 120 Å². The lowest BCUT2D eigenvalue weighted by Gasteiger charge is -2.07. The molecule has 0 saturated carbocycles. The highest BCUT2D eigenvalue weighted by atomic mass is 19.1. The third kappa shape index (κ3) is 4.40. The summed E-state index contributed by atoms with van der Waals surface area (Å²) in [6.45, 7) is 0.0564. The monoisotopic (exact) mass is 288 g/mol. The van der Waals surface area contributed by atoms with E-state index in [4.69, 9.17) is 5.11 Å². The molecule has 0 radical (unpaired) electrons. The molecule has 0 aliphatic rings. The highest BCUT2D eigenvalue weighted by molar-refractivity contribution is 5.92. The van der Waals surface area contributed by atoms with Gasteiger partial charge in [-0.3, -0.25) is 9.48 Å². The first-order valence-corrected chi connectivity index (χ1v) is 6.22. The fourth-order valence-electron chi connectivity index (χ4n) is 1.64. The van der Waals surface area contributed by atoms with E-state index < -0.39 is 5.82 Å². The third-order valence-electron chi connectivity index (χ3n) is 2.60. The van der Waals surface area contributed by atoms with Crippen LogP contribution in [0.5, 0.6) is 0 Å². The summed E-state index contributed by atoms with van der Waals surface area (Å²) < 4.78 is 14.7. The smallest absolute Gasteiger partial charge is 0.226 e. The normalized spacial score (nSPS) is 9.81. The number of hydrogen-bond donors (Lipinski definition) is 2. The van der Waals surface area contributed by atoms with E-state index in [1.54, 1.807) is 6.20 Å². The van der Waals surface area contributed by atoms with E-state index in [2.05, 4.69) is 27.5 Å². The Hall–Kier alpha value is -2.72. The largest absolute Gasteiger partial charge is 0.384 e. The number of nitrogens with one attached hydrogen (secondary N) is 1. The number of anilines is 1. The summed E-state index contributed by atoms with van der Waals surface area (Å²) in [5.74, 6) is 4.32. The van der Waals surface area contributed by atoms with Crippen LogP contribution in [0.4, 0.5) is 10.1 Å². The predicted molar refractivity (Wildman–Crippen MR) is 73.6 cm³/mol. The first-order valence-electron chi connectivity index (χ1n) is 6.22. The summed E-state index contributed by atoms with van der Waals surface area (Å²) >= 11 is 0. The Morgan fingerprint density at radius 1 is 1.48 bits per heavy atom. The Bertz CT molecular complexity index is 674. The lowest BCUT2D eigenvalue weighted by Crippen LogP contribution is -2.15. The van der Waals surface area contributed by atoms with Crippen molar-refractivity contribution in [1.82, 2.24) is 15.0 Å². The number of carbonyl (C=O) groups is 1. The van der Waals surface area contributed by atoms with Gasteiger partial charge in [0.2, 0.25) is 5.91 Å². The third-order valence-corrected chi connectivity index (χ3v) is 2.60. The van der Waals surface area contributed by atoms with Gasteiger partial charge >= 0.3 is 0 Å². The van der Waals surface area contributed by atoms with Crippen molar-refractivity contribution < 1.29 is 14.3 Å². The fourth-order valence-corrected chi connectivity index (χ4v) is 1.64. The summed E-state index contributed by atoms with van der Waals surface area (Å²) in [7, 11) is 0. The highest BCUT2D eigenvalue weighted by Crippen LogP contribution is 2.16. The van der Waals surface area contributed by atoms with Crippen LogP contribution >= 0.6 is 0 Å². The standard InChI is InChI=1S/C14H13FN4O2/c15-12-3-4-13(11(10-12)2-1-9-20)17-14(21)5-7-19-8-6-16-18-19/h3-4,6,8,10,20H,5,7,9H2,(H,17,21). The van der Waals surface area contributed by atoms with Crippen LogP contribution in [0.2, 0.25) is 0 Å². The summed E-state index contributed by atoms with van der Waals surface area (Å²) in [4.78, 5) is 11.9. The molecular weight excluding hydrogens is 275 g/mol. The zero-order valence-corrected chi connectivity index (χ0v) is 11.1. The minimum absolute atomic E-state index is 0.202. The Kier molecular flexibility index (Phi) is 5.01. The molecule has 2 rings (SSSR count).